The highest BCUT2D eigenvalue weighted by molar-refractivity contribution is 5.93. The van der Waals surface area contributed by atoms with Crippen LogP contribution in [0.5, 0.6) is 0 Å². The van der Waals surface area contributed by atoms with Crippen molar-refractivity contribution in [1.82, 2.24) is 15.3 Å². The summed E-state index contributed by atoms with van der Waals surface area (Å²) in [6, 6.07) is 6.22. The molecule has 2 rings (SSSR count). The molecule has 0 unspecified atom stereocenters. The normalized spacial score (nSPS) is 9.80. The van der Waals surface area contributed by atoms with Crippen LogP contribution in [-0.4, -0.2) is 21.9 Å². The Balaban J connectivity index is 1.86. The molecular weight excluding hydrogens is 258 g/mol. The van der Waals surface area contributed by atoms with Gasteiger partial charge in [-0.3, -0.25) is 15.1 Å². The Bertz CT molecular complexity index is 598. The van der Waals surface area contributed by atoms with E-state index in [-0.39, 0.29) is 11.6 Å². The minimum atomic E-state index is -0.564. The SMILES string of the molecule is NC(=O)c1ccc(NC(=O)NCc2ccncc2)nc1. The predicted molar refractivity (Wildman–Crippen MR) is 72.9 cm³/mol. The number of hydrogen-bond acceptors (Lipinski definition) is 4. The van der Waals surface area contributed by atoms with Crippen molar-refractivity contribution < 1.29 is 9.59 Å². The Labute approximate surface area is 115 Å². The van der Waals surface area contributed by atoms with Crippen LogP contribution in [0.2, 0.25) is 0 Å². The molecule has 20 heavy (non-hydrogen) atoms. The summed E-state index contributed by atoms with van der Waals surface area (Å²) in [5, 5.41) is 5.22. The summed E-state index contributed by atoms with van der Waals surface area (Å²) in [6.07, 6.45) is 4.61. The molecule has 2 aromatic heterocycles. The van der Waals surface area contributed by atoms with Crippen molar-refractivity contribution in [3.63, 3.8) is 0 Å². The Morgan fingerprint density at radius 1 is 1.15 bits per heavy atom. The van der Waals surface area contributed by atoms with Crippen molar-refractivity contribution in [1.29, 1.82) is 0 Å². The number of anilines is 1. The van der Waals surface area contributed by atoms with E-state index in [9.17, 15) is 9.59 Å². The zero-order valence-corrected chi connectivity index (χ0v) is 10.5. The van der Waals surface area contributed by atoms with E-state index >= 15 is 0 Å². The second-order valence-corrected chi connectivity index (χ2v) is 3.96. The van der Waals surface area contributed by atoms with E-state index in [1.807, 2.05) is 0 Å². The molecule has 0 atom stereocenters. The van der Waals surface area contributed by atoms with Gasteiger partial charge in [-0.25, -0.2) is 9.78 Å². The molecule has 7 heteroatoms. The highest BCUT2D eigenvalue weighted by Gasteiger charge is 2.04. The first kappa shape index (κ1) is 13.5. The summed E-state index contributed by atoms with van der Waals surface area (Å²) >= 11 is 0. The predicted octanol–water partition coefficient (Wildman–Crippen LogP) is 0.897. The van der Waals surface area contributed by atoms with Crippen molar-refractivity contribution >= 4 is 17.8 Å². The number of primary amides is 1. The van der Waals surface area contributed by atoms with Crippen molar-refractivity contribution in [2.24, 2.45) is 5.73 Å². The first-order chi connectivity index (χ1) is 9.65. The number of carbonyl (C=O) groups excluding carboxylic acids is 2. The van der Waals surface area contributed by atoms with Crippen LogP contribution in [0.3, 0.4) is 0 Å². The van der Waals surface area contributed by atoms with E-state index in [1.165, 1.54) is 18.3 Å². The number of amides is 3. The van der Waals surface area contributed by atoms with Gasteiger partial charge in [0.15, 0.2) is 0 Å². The molecule has 2 aromatic rings. The Kier molecular flexibility index (Phi) is 4.23. The zero-order valence-electron chi connectivity index (χ0n) is 10.5. The third kappa shape index (κ3) is 3.77. The van der Waals surface area contributed by atoms with Gasteiger partial charge < -0.3 is 11.1 Å². The lowest BCUT2D eigenvalue weighted by Gasteiger charge is -2.07. The van der Waals surface area contributed by atoms with Crippen LogP contribution in [0.1, 0.15) is 15.9 Å². The number of carbonyl (C=O) groups is 2. The average molecular weight is 271 g/mol. The van der Waals surface area contributed by atoms with Gasteiger partial charge in [0.05, 0.1) is 5.56 Å². The monoisotopic (exact) mass is 271 g/mol. The summed E-state index contributed by atoms with van der Waals surface area (Å²) in [7, 11) is 0. The van der Waals surface area contributed by atoms with Gasteiger partial charge in [-0.15, -0.1) is 0 Å². The number of nitrogens with two attached hydrogens (primary N) is 1. The van der Waals surface area contributed by atoms with E-state index in [4.69, 9.17) is 5.73 Å². The number of hydrogen-bond donors (Lipinski definition) is 3. The molecular formula is C13H13N5O2. The summed E-state index contributed by atoms with van der Waals surface area (Å²) in [5.41, 5.74) is 6.32. The molecule has 0 aliphatic rings. The van der Waals surface area contributed by atoms with Crippen molar-refractivity contribution in [2.45, 2.75) is 6.54 Å². The van der Waals surface area contributed by atoms with Gasteiger partial charge in [0.25, 0.3) is 0 Å². The molecule has 102 valence electrons. The quantitative estimate of drug-likeness (QED) is 0.767. The van der Waals surface area contributed by atoms with E-state index in [2.05, 4.69) is 20.6 Å². The van der Waals surface area contributed by atoms with Gasteiger partial charge in [0.2, 0.25) is 5.91 Å². The Hall–Kier alpha value is -2.96. The second-order valence-electron chi connectivity index (χ2n) is 3.96. The fourth-order valence-electron chi connectivity index (χ4n) is 1.46. The topological polar surface area (TPSA) is 110 Å². The molecule has 7 nitrogen and oxygen atoms in total. The molecule has 3 amide bonds. The highest BCUT2D eigenvalue weighted by Crippen LogP contribution is 2.04. The fourth-order valence-corrected chi connectivity index (χ4v) is 1.46. The van der Waals surface area contributed by atoms with Gasteiger partial charge in [-0.05, 0) is 29.8 Å². The molecule has 0 saturated carbocycles. The van der Waals surface area contributed by atoms with Crippen molar-refractivity contribution in [3.05, 3.63) is 54.0 Å². The first-order valence-electron chi connectivity index (χ1n) is 5.85. The molecule has 4 N–H and O–H groups in total. The van der Waals surface area contributed by atoms with Crippen LogP contribution >= 0.6 is 0 Å². The second kappa shape index (κ2) is 6.28. The van der Waals surface area contributed by atoms with E-state index < -0.39 is 5.91 Å². The maximum absolute atomic E-state index is 11.6. The largest absolute Gasteiger partial charge is 0.366 e. The summed E-state index contributed by atoms with van der Waals surface area (Å²) < 4.78 is 0. The third-order valence-corrected chi connectivity index (χ3v) is 2.49. The number of nitrogens with one attached hydrogen (secondary N) is 2. The number of pyridine rings is 2. The lowest BCUT2D eigenvalue weighted by molar-refractivity contribution is 0.1000. The maximum Gasteiger partial charge on any atom is 0.320 e. The van der Waals surface area contributed by atoms with Crippen LogP contribution in [0, 0.1) is 0 Å². The molecule has 0 saturated heterocycles. The molecule has 0 spiro atoms. The van der Waals surface area contributed by atoms with Gasteiger partial charge in [-0.2, -0.15) is 0 Å². The van der Waals surface area contributed by atoms with E-state index in [0.29, 0.717) is 12.4 Å². The lowest BCUT2D eigenvalue weighted by atomic mass is 10.3. The minimum Gasteiger partial charge on any atom is -0.366 e. The summed E-state index contributed by atoms with van der Waals surface area (Å²) in [6.45, 7) is 0.383. The highest BCUT2D eigenvalue weighted by atomic mass is 16.2. The van der Waals surface area contributed by atoms with Crippen LogP contribution in [0.4, 0.5) is 10.6 Å². The van der Waals surface area contributed by atoms with Gasteiger partial charge in [0, 0.05) is 25.1 Å². The molecule has 0 aliphatic carbocycles. The Morgan fingerprint density at radius 3 is 2.50 bits per heavy atom. The van der Waals surface area contributed by atoms with Gasteiger partial charge in [0.1, 0.15) is 5.82 Å². The number of urea groups is 1. The summed E-state index contributed by atoms with van der Waals surface area (Å²) in [4.78, 5) is 30.3. The van der Waals surface area contributed by atoms with Gasteiger partial charge >= 0.3 is 6.03 Å². The Morgan fingerprint density at radius 2 is 1.90 bits per heavy atom. The standard InChI is InChI=1S/C13H13N5O2/c14-12(19)10-1-2-11(16-8-10)18-13(20)17-7-9-3-5-15-6-4-9/h1-6,8H,7H2,(H2,14,19)(H2,16,17,18,20). The number of aromatic nitrogens is 2. The van der Waals surface area contributed by atoms with E-state index in [0.717, 1.165) is 5.56 Å². The summed E-state index contributed by atoms with van der Waals surface area (Å²) in [5.74, 6) is -0.228. The maximum atomic E-state index is 11.6. The number of nitrogens with zero attached hydrogens (tertiary/aromatic N) is 2. The molecule has 0 aliphatic heterocycles. The fraction of sp³-hybridized carbons (Fsp3) is 0.0769. The minimum absolute atomic E-state index is 0.285. The lowest BCUT2D eigenvalue weighted by Crippen LogP contribution is -2.28. The van der Waals surface area contributed by atoms with Crippen molar-refractivity contribution in [2.75, 3.05) is 5.32 Å². The molecule has 0 aromatic carbocycles. The third-order valence-electron chi connectivity index (χ3n) is 2.49. The molecule has 0 radical (unpaired) electrons. The van der Waals surface area contributed by atoms with E-state index in [1.54, 1.807) is 24.5 Å². The number of rotatable bonds is 4. The van der Waals surface area contributed by atoms with Crippen LogP contribution in [0.25, 0.3) is 0 Å². The van der Waals surface area contributed by atoms with Crippen LogP contribution in [0.15, 0.2) is 42.9 Å². The smallest absolute Gasteiger partial charge is 0.320 e. The zero-order chi connectivity index (χ0) is 14.4. The molecule has 0 bridgehead atoms. The van der Waals surface area contributed by atoms with Gasteiger partial charge in [-0.1, -0.05) is 0 Å². The molecule has 2 heterocycles. The van der Waals surface area contributed by atoms with Crippen LogP contribution < -0.4 is 16.4 Å². The first-order valence-corrected chi connectivity index (χ1v) is 5.85. The molecule has 0 fully saturated rings. The average Bonchev–Trinajstić information content (AvgIpc) is 2.47. The van der Waals surface area contributed by atoms with Crippen LogP contribution in [-0.2, 0) is 6.54 Å². The van der Waals surface area contributed by atoms with Crippen molar-refractivity contribution in [3.8, 4) is 0 Å².